The molecule has 0 radical (unpaired) electrons. The van der Waals surface area contributed by atoms with Crippen LogP contribution < -0.4 is 14.8 Å². The average Bonchev–Trinajstić information content (AvgIpc) is 3.28. The van der Waals surface area contributed by atoms with Gasteiger partial charge in [-0.15, -0.1) is 0 Å². The molecule has 0 bridgehead atoms. The van der Waals surface area contributed by atoms with Gasteiger partial charge in [0.15, 0.2) is 11.5 Å². The number of benzene rings is 2. The molecule has 6 nitrogen and oxygen atoms in total. The minimum atomic E-state index is 0.257. The number of para-hydroxylation sites is 1. The van der Waals surface area contributed by atoms with E-state index in [9.17, 15) is 5.11 Å². The number of hydrogen-bond donors (Lipinski definition) is 3. The second-order valence-electron chi connectivity index (χ2n) is 10.5. The van der Waals surface area contributed by atoms with Gasteiger partial charge in [0, 0.05) is 47.3 Å². The van der Waals surface area contributed by atoms with Crippen molar-refractivity contribution >= 4 is 10.9 Å². The first-order valence-electron chi connectivity index (χ1n) is 13.2. The quantitative estimate of drug-likeness (QED) is 0.478. The highest BCUT2D eigenvalue weighted by Gasteiger charge is 2.41. The lowest BCUT2D eigenvalue weighted by Gasteiger charge is -2.48. The number of rotatable bonds is 5. The first-order valence-corrected chi connectivity index (χ1v) is 13.2. The predicted octanol–water partition coefficient (Wildman–Crippen LogP) is 5.11. The zero-order chi connectivity index (χ0) is 24.1. The Balaban J connectivity index is 1.32. The third-order valence-corrected chi connectivity index (χ3v) is 8.92. The number of phenols is 1. The smallest absolute Gasteiger partial charge is 0.203 e. The van der Waals surface area contributed by atoms with Crippen LogP contribution in [0.25, 0.3) is 10.9 Å². The summed E-state index contributed by atoms with van der Waals surface area (Å²) in [5.41, 5.74) is 6.40. The number of piperidine rings is 1. The number of aromatic nitrogens is 1. The van der Waals surface area contributed by atoms with Crippen molar-refractivity contribution in [3.8, 4) is 17.2 Å². The molecule has 0 saturated carbocycles. The Hall–Kier alpha value is -2.70. The minimum Gasteiger partial charge on any atom is -0.504 e. The lowest BCUT2D eigenvalue weighted by molar-refractivity contribution is 0.0428. The van der Waals surface area contributed by atoms with Gasteiger partial charge in [-0.2, -0.15) is 0 Å². The maximum absolute atomic E-state index is 11.0. The van der Waals surface area contributed by atoms with Gasteiger partial charge in [0.1, 0.15) is 0 Å². The number of ether oxygens (including phenoxy) is 2. The molecule has 6 heteroatoms. The summed E-state index contributed by atoms with van der Waals surface area (Å²) in [6.45, 7) is 5.48. The number of phenolic OH excluding ortho intramolecular Hbond substituents is 1. The Morgan fingerprint density at radius 2 is 1.94 bits per heavy atom. The molecular weight excluding hydrogens is 438 g/mol. The van der Waals surface area contributed by atoms with Gasteiger partial charge in [0.2, 0.25) is 5.75 Å². The molecule has 0 spiro atoms. The van der Waals surface area contributed by atoms with Crippen LogP contribution in [0.3, 0.4) is 0 Å². The van der Waals surface area contributed by atoms with Gasteiger partial charge in [-0.3, -0.25) is 4.90 Å². The van der Waals surface area contributed by atoms with E-state index in [-0.39, 0.29) is 5.75 Å². The van der Waals surface area contributed by atoms with Gasteiger partial charge >= 0.3 is 0 Å². The number of nitrogens with zero attached hydrogens (tertiary/aromatic N) is 1. The van der Waals surface area contributed by atoms with Crippen LogP contribution in [0.1, 0.15) is 60.7 Å². The van der Waals surface area contributed by atoms with Gasteiger partial charge in [-0.25, -0.2) is 0 Å². The Morgan fingerprint density at radius 1 is 1.09 bits per heavy atom. The largest absolute Gasteiger partial charge is 0.504 e. The van der Waals surface area contributed by atoms with E-state index in [1.165, 1.54) is 34.1 Å². The molecule has 4 heterocycles. The maximum atomic E-state index is 11.0. The van der Waals surface area contributed by atoms with E-state index in [4.69, 9.17) is 9.47 Å². The summed E-state index contributed by atoms with van der Waals surface area (Å²) in [6, 6.07) is 11.5. The summed E-state index contributed by atoms with van der Waals surface area (Å²) in [5, 5.41) is 16.2. The molecule has 6 rings (SSSR count). The molecule has 3 aromatic rings. The van der Waals surface area contributed by atoms with Crippen molar-refractivity contribution in [2.24, 2.45) is 11.8 Å². The molecule has 35 heavy (non-hydrogen) atoms. The van der Waals surface area contributed by atoms with Crippen molar-refractivity contribution in [3.63, 3.8) is 0 Å². The number of fused-ring (bicyclic) bond motifs is 6. The molecule has 186 valence electrons. The van der Waals surface area contributed by atoms with Crippen LogP contribution >= 0.6 is 0 Å². The molecule has 4 atom stereocenters. The molecule has 0 aliphatic carbocycles. The summed E-state index contributed by atoms with van der Waals surface area (Å²) in [7, 11) is 3.24. The molecule has 2 aromatic carbocycles. The first kappa shape index (κ1) is 22.7. The molecule has 3 N–H and O–H groups in total. The average molecular weight is 476 g/mol. The van der Waals surface area contributed by atoms with E-state index in [0.29, 0.717) is 35.4 Å². The standard InChI is InChI=1S/C29H37N3O3/c1-4-17-16-32-12-10-21-22(15-26(34-2)29(35-3)28(21)33)25(32)14-18(17)13-24-27-20(9-11-30-24)19-7-5-6-8-23(19)31-27/h5-8,15,17-18,24-25,30-31,33H,4,9-14,16H2,1-3H3/t17-,18-,24-,25-/m0/s1. The molecule has 0 unspecified atom stereocenters. The van der Waals surface area contributed by atoms with Crippen molar-refractivity contribution in [2.75, 3.05) is 33.9 Å². The molecular formula is C29H37N3O3. The molecule has 1 aromatic heterocycles. The lowest BCUT2D eigenvalue weighted by Crippen LogP contribution is -2.46. The van der Waals surface area contributed by atoms with Crippen LogP contribution in [0.5, 0.6) is 17.2 Å². The second-order valence-corrected chi connectivity index (χ2v) is 10.5. The van der Waals surface area contributed by atoms with E-state index in [1.54, 1.807) is 14.2 Å². The first-order chi connectivity index (χ1) is 17.1. The van der Waals surface area contributed by atoms with Crippen molar-refractivity contribution in [3.05, 3.63) is 52.7 Å². The van der Waals surface area contributed by atoms with Crippen LogP contribution in [-0.4, -0.2) is 48.8 Å². The Labute approximate surface area is 207 Å². The highest BCUT2D eigenvalue weighted by Crippen LogP contribution is 2.51. The number of aromatic hydroxyl groups is 1. The summed E-state index contributed by atoms with van der Waals surface area (Å²) < 4.78 is 11.1. The second kappa shape index (κ2) is 9.07. The highest BCUT2D eigenvalue weighted by atomic mass is 16.5. The highest BCUT2D eigenvalue weighted by molar-refractivity contribution is 5.85. The third kappa shape index (κ3) is 3.69. The molecule has 1 fully saturated rings. The van der Waals surface area contributed by atoms with Crippen molar-refractivity contribution in [1.82, 2.24) is 15.2 Å². The Morgan fingerprint density at radius 3 is 2.74 bits per heavy atom. The van der Waals surface area contributed by atoms with Crippen LogP contribution in [-0.2, 0) is 12.8 Å². The summed E-state index contributed by atoms with van der Waals surface area (Å²) in [4.78, 5) is 6.40. The van der Waals surface area contributed by atoms with E-state index in [2.05, 4.69) is 52.5 Å². The number of hydrogen-bond acceptors (Lipinski definition) is 5. The summed E-state index contributed by atoms with van der Waals surface area (Å²) in [5.74, 6) is 2.62. The lowest BCUT2D eigenvalue weighted by atomic mass is 9.72. The van der Waals surface area contributed by atoms with Crippen LogP contribution in [0.4, 0.5) is 0 Å². The van der Waals surface area contributed by atoms with E-state index in [0.717, 1.165) is 50.9 Å². The van der Waals surface area contributed by atoms with E-state index >= 15 is 0 Å². The van der Waals surface area contributed by atoms with Gasteiger partial charge in [0.25, 0.3) is 0 Å². The third-order valence-electron chi connectivity index (χ3n) is 8.92. The maximum Gasteiger partial charge on any atom is 0.203 e. The van der Waals surface area contributed by atoms with Crippen molar-refractivity contribution in [1.29, 1.82) is 0 Å². The fourth-order valence-electron chi connectivity index (χ4n) is 7.14. The predicted molar refractivity (Wildman–Crippen MR) is 138 cm³/mol. The van der Waals surface area contributed by atoms with E-state index in [1.807, 2.05) is 0 Å². The van der Waals surface area contributed by atoms with Gasteiger partial charge in [-0.05, 0) is 67.3 Å². The summed E-state index contributed by atoms with van der Waals surface area (Å²) in [6.07, 6.45) is 5.37. The van der Waals surface area contributed by atoms with Crippen molar-refractivity contribution < 1.29 is 14.6 Å². The van der Waals surface area contributed by atoms with Gasteiger partial charge in [-0.1, -0.05) is 31.5 Å². The normalized spacial score (nSPS) is 26.1. The van der Waals surface area contributed by atoms with E-state index < -0.39 is 0 Å². The Kier molecular flexibility index (Phi) is 5.89. The Bertz CT molecular complexity index is 1240. The number of H-pyrrole nitrogens is 1. The van der Waals surface area contributed by atoms with Gasteiger partial charge < -0.3 is 24.9 Å². The molecule has 3 aliphatic heterocycles. The number of nitrogens with one attached hydrogen (secondary N) is 2. The molecule has 1 saturated heterocycles. The molecule has 0 amide bonds. The monoisotopic (exact) mass is 475 g/mol. The SMILES string of the molecule is CC[C@H]1CN2CCc3c(cc(OC)c(OC)c3O)[C@@H]2C[C@@H]1C[C@@H]1NCCc2c1[nH]c1ccccc21. The fourth-order valence-corrected chi connectivity index (χ4v) is 7.14. The molecule has 3 aliphatic rings. The van der Waals surface area contributed by atoms with Gasteiger partial charge in [0.05, 0.1) is 14.2 Å². The zero-order valence-corrected chi connectivity index (χ0v) is 21.1. The van der Waals surface area contributed by atoms with Crippen LogP contribution in [0.15, 0.2) is 30.3 Å². The minimum absolute atomic E-state index is 0.257. The topological polar surface area (TPSA) is 69.8 Å². The van der Waals surface area contributed by atoms with Crippen molar-refractivity contribution in [2.45, 2.75) is 51.1 Å². The fraction of sp³-hybridized carbons (Fsp3) is 0.517. The zero-order valence-electron chi connectivity index (χ0n) is 21.1. The number of aromatic amines is 1. The van der Waals surface area contributed by atoms with Crippen LogP contribution in [0.2, 0.25) is 0 Å². The van der Waals surface area contributed by atoms with Crippen LogP contribution in [0, 0.1) is 11.8 Å². The number of methoxy groups -OCH3 is 2. The summed E-state index contributed by atoms with van der Waals surface area (Å²) >= 11 is 0.